The van der Waals surface area contributed by atoms with Gasteiger partial charge in [-0.1, -0.05) is 0 Å². The van der Waals surface area contributed by atoms with Crippen LogP contribution in [0.25, 0.3) is 0 Å². The fourth-order valence-electron chi connectivity index (χ4n) is 3.63. The molecular formula is C13H22N4O2S. The lowest BCUT2D eigenvalue weighted by Gasteiger charge is -2.36. The summed E-state index contributed by atoms with van der Waals surface area (Å²) in [6, 6.07) is 1.10. The smallest absolute Gasteiger partial charge is 0.244 e. The van der Waals surface area contributed by atoms with Gasteiger partial charge < -0.3 is 4.90 Å². The minimum Gasteiger partial charge on any atom is -0.300 e. The second-order valence-corrected chi connectivity index (χ2v) is 7.77. The van der Waals surface area contributed by atoms with Crippen molar-refractivity contribution in [1.29, 1.82) is 0 Å². The number of piperidine rings is 1. The highest BCUT2D eigenvalue weighted by Gasteiger charge is 2.39. The SMILES string of the molecule is Cc1nn(C)cc1S(=O)(=O)NC1CC2CCC(C1)N2C. The van der Waals surface area contributed by atoms with Gasteiger partial charge in [-0.15, -0.1) is 0 Å². The van der Waals surface area contributed by atoms with Crippen LogP contribution in [0.2, 0.25) is 0 Å². The monoisotopic (exact) mass is 298 g/mol. The number of aromatic nitrogens is 2. The average molecular weight is 298 g/mol. The Morgan fingerprint density at radius 3 is 2.35 bits per heavy atom. The molecule has 3 rings (SSSR count). The van der Waals surface area contributed by atoms with Crippen LogP contribution in [-0.4, -0.2) is 48.3 Å². The van der Waals surface area contributed by atoms with Crippen LogP contribution in [0.5, 0.6) is 0 Å². The third-order valence-electron chi connectivity index (χ3n) is 4.68. The molecule has 2 saturated heterocycles. The Bertz CT molecular complexity index is 596. The van der Waals surface area contributed by atoms with E-state index < -0.39 is 10.0 Å². The summed E-state index contributed by atoms with van der Waals surface area (Å²) in [7, 11) is 0.431. The van der Waals surface area contributed by atoms with Gasteiger partial charge in [0.1, 0.15) is 4.90 Å². The van der Waals surface area contributed by atoms with E-state index >= 15 is 0 Å². The highest BCUT2D eigenvalue weighted by atomic mass is 32.2. The summed E-state index contributed by atoms with van der Waals surface area (Å²) in [5.74, 6) is 0. The van der Waals surface area contributed by atoms with Crippen molar-refractivity contribution in [1.82, 2.24) is 19.4 Å². The third kappa shape index (κ3) is 2.38. The Morgan fingerprint density at radius 2 is 1.85 bits per heavy atom. The normalized spacial score (nSPS) is 30.9. The summed E-state index contributed by atoms with van der Waals surface area (Å²) in [5.41, 5.74) is 0.552. The molecule has 0 radical (unpaired) electrons. The van der Waals surface area contributed by atoms with Gasteiger partial charge in [0.05, 0.1) is 5.69 Å². The number of aryl methyl sites for hydroxylation is 2. The molecule has 2 fully saturated rings. The van der Waals surface area contributed by atoms with Crippen molar-refractivity contribution in [3.8, 4) is 0 Å². The Hall–Kier alpha value is -0.920. The molecule has 20 heavy (non-hydrogen) atoms. The maximum Gasteiger partial charge on any atom is 0.244 e. The van der Waals surface area contributed by atoms with E-state index in [0.29, 0.717) is 22.7 Å². The van der Waals surface area contributed by atoms with Crippen LogP contribution in [0.15, 0.2) is 11.1 Å². The highest BCUT2D eigenvalue weighted by Crippen LogP contribution is 2.34. The summed E-state index contributed by atoms with van der Waals surface area (Å²) < 4.78 is 29.4. The second-order valence-electron chi connectivity index (χ2n) is 6.09. The molecule has 0 aliphatic carbocycles. The quantitative estimate of drug-likeness (QED) is 0.889. The molecule has 2 unspecified atom stereocenters. The standard InChI is InChI=1S/C13H22N4O2S/c1-9-13(8-16(2)14-9)20(18,19)15-10-6-11-4-5-12(7-10)17(11)3/h8,10-12,15H,4-7H2,1-3H3. The van der Waals surface area contributed by atoms with Gasteiger partial charge in [0.25, 0.3) is 0 Å². The summed E-state index contributed by atoms with van der Waals surface area (Å²) in [6.07, 6.45) is 5.76. The maximum atomic E-state index is 12.5. The Balaban J connectivity index is 1.76. The van der Waals surface area contributed by atoms with E-state index in [1.54, 1.807) is 24.9 Å². The van der Waals surface area contributed by atoms with Gasteiger partial charge in [-0.2, -0.15) is 5.10 Å². The van der Waals surface area contributed by atoms with Gasteiger partial charge in [-0.3, -0.25) is 4.68 Å². The van der Waals surface area contributed by atoms with Crippen LogP contribution >= 0.6 is 0 Å². The topological polar surface area (TPSA) is 67.2 Å². The number of hydrogen-bond acceptors (Lipinski definition) is 4. The zero-order valence-corrected chi connectivity index (χ0v) is 13.0. The molecule has 2 bridgehead atoms. The van der Waals surface area contributed by atoms with Crippen molar-refractivity contribution >= 4 is 10.0 Å². The van der Waals surface area contributed by atoms with Crippen LogP contribution in [0, 0.1) is 6.92 Å². The van der Waals surface area contributed by atoms with Crippen LogP contribution in [0.4, 0.5) is 0 Å². The molecule has 2 aliphatic rings. The Labute approximate surface area is 120 Å². The Kier molecular flexibility index (Phi) is 3.38. The molecule has 3 heterocycles. The first-order valence-corrected chi connectivity index (χ1v) is 8.59. The first-order chi connectivity index (χ1) is 9.37. The predicted octanol–water partition coefficient (Wildman–Crippen LogP) is 0.632. The molecule has 1 N–H and O–H groups in total. The molecule has 2 atom stereocenters. The lowest BCUT2D eigenvalue weighted by atomic mass is 9.99. The van der Waals surface area contributed by atoms with Crippen molar-refractivity contribution in [2.24, 2.45) is 7.05 Å². The van der Waals surface area contributed by atoms with Crippen molar-refractivity contribution in [2.75, 3.05) is 7.05 Å². The Morgan fingerprint density at radius 1 is 1.25 bits per heavy atom. The van der Waals surface area contributed by atoms with Gasteiger partial charge in [0.2, 0.25) is 10.0 Å². The second kappa shape index (κ2) is 4.82. The van der Waals surface area contributed by atoms with Crippen molar-refractivity contribution in [3.05, 3.63) is 11.9 Å². The van der Waals surface area contributed by atoms with E-state index in [1.807, 2.05) is 0 Å². The fraction of sp³-hybridized carbons (Fsp3) is 0.769. The van der Waals surface area contributed by atoms with Crippen molar-refractivity contribution in [3.63, 3.8) is 0 Å². The number of nitrogens with one attached hydrogen (secondary N) is 1. The minimum absolute atomic E-state index is 0.0494. The number of nitrogens with zero attached hydrogens (tertiary/aromatic N) is 3. The van der Waals surface area contributed by atoms with Crippen LogP contribution in [-0.2, 0) is 17.1 Å². The molecule has 1 aromatic heterocycles. The first-order valence-electron chi connectivity index (χ1n) is 7.11. The molecular weight excluding hydrogens is 276 g/mol. The fourth-order valence-corrected chi connectivity index (χ4v) is 5.11. The summed E-state index contributed by atoms with van der Waals surface area (Å²) >= 11 is 0. The summed E-state index contributed by atoms with van der Waals surface area (Å²) in [4.78, 5) is 2.70. The summed E-state index contributed by atoms with van der Waals surface area (Å²) in [6.45, 7) is 1.73. The highest BCUT2D eigenvalue weighted by molar-refractivity contribution is 7.89. The predicted molar refractivity (Wildman–Crippen MR) is 75.9 cm³/mol. The number of sulfonamides is 1. The van der Waals surface area contributed by atoms with E-state index in [9.17, 15) is 8.42 Å². The average Bonchev–Trinajstić information content (AvgIpc) is 2.77. The zero-order valence-electron chi connectivity index (χ0n) is 12.2. The third-order valence-corrected chi connectivity index (χ3v) is 6.30. The van der Waals surface area contributed by atoms with Gasteiger partial charge in [0.15, 0.2) is 0 Å². The zero-order chi connectivity index (χ0) is 14.5. The molecule has 0 aromatic carbocycles. The largest absolute Gasteiger partial charge is 0.300 e. The van der Waals surface area contributed by atoms with Crippen LogP contribution < -0.4 is 4.72 Å². The minimum atomic E-state index is -3.46. The van der Waals surface area contributed by atoms with Crippen LogP contribution in [0.3, 0.4) is 0 Å². The number of fused-ring (bicyclic) bond motifs is 2. The van der Waals surface area contributed by atoms with E-state index in [0.717, 1.165) is 12.8 Å². The van der Waals surface area contributed by atoms with E-state index in [-0.39, 0.29) is 6.04 Å². The number of rotatable bonds is 3. The van der Waals surface area contributed by atoms with E-state index in [2.05, 4.69) is 21.8 Å². The lowest BCUT2D eigenvalue weighted by Crippen LogP contribution is -2.48. The van der Waals surface area contributed by atoms with Gasteiger partial charge >= 0.3 is 0 Å². The van der Waals surface area contributed by atoms with Crippen molar-refractivity contribution in [2.45, 2.75) is 55.6 Å². The lowest BCUT2D eigenvalue weighted by molar-refractivity contribution is 0.157. The first kappa shape index (κ1) is 14.0. The molecule has 0 saturated carbocycles. The number of hydrogen-bond donors (Lipinski definition) is 1. The molecule has 6 nitrogen and oxygen atoms in total. The molecule has 7 heteroatoms. The summed E-state index contributed by atoms with van der Waals surface area (Å²) in [5, 5.41) is 4.11. The molecule has 0 spiro atoms. The molecule has 0 amide bonds. The molecule has 1 aromatic rings. The van der Waals surface area contributed by atoms with Gasteiger partial charge in [0, 0.05) is 31.4 Å². The van der Waals surface area contributed by atoms with Crippen molar-refractivity contribution < 1.29 is 8.42 Å². The van der Waals surface area contributed by atoms with Gasteiger partial charge in [-0.05, 0) is 39.7 Å². The van der Waals surface area contributed by atoms with Crippen LogP contribution in [0.1, 0.15) is 31.4 Å². The molecule has 2 aliphatic heterocycles. The maximum absolute atomic E-state index is 12.5. The van der Waals surface area contributed by atoms with E-state index in [1.165, 1.54) is 12.8 Å². The van der Waals surface area contributed by atoms with E-state index in [4.69, 9.17) is 0 Å². The van der Waals surface area contributed by atoms with Gasteiger partial charge in [-0.25, -0.2) is 13.1 Å². The molecule has 112 valence electrons.